The number of nitrogens with zero attached hydrogens (tertiary/aromatic N) is 2. The number of thioether (sulfide) groups is 1. The molecule has 1 aromatic heterocycles. The van der Waals surface area contributed by atoms with E-state index in [-0.39, 0.29) is 11.5 Å². The normalized spacial score (nSPS) is 14.4. The first-order valence-electron chi connectivity index (χ1n) is 8.93. The Morgan fingerprint density at radius 1 is 1.03 bits per heavy atom. The molecule has 1 aliphatic rings. The van der Waals surface area contributed by atoms with Gasteiger partial charge in [0, 0.05) is 16.5 Å². The summed E-state index contributed by atoms with van der Waals surface area (Å²) in [6, 6.07) is 20.2. The van der Waals surface area contributed by atoms with Gasteiger partial charge >= 0.3 is 0 Å². The van der Waals surface area contributed by atoms with E-state index in [9.17, 15) is 14.9 Å². The topological polar surface area (TPSA) is 73.1 Å². The minimum Gasteiger partial charge on any atom is -0.288 e. The average Bonchev–Trinajstić information content (AvgIpc) is 3.29. The molecule has 0 saturated heterocycles. The Bertz CT molecular complexity index is 1330. The van der Waals surface area contributed by atoms with E-state index >= 15 is 0 Å². The molecule has 5 rings (SSSR count). The maximum Gasteiger partial charge on any atom is 0.283 e. The molecule has 30 heavy (non-hydrogen) atoms. The Labute approximate surface area is 184 Å². The first kappa shape index (κ1) is 19.0. The average molecular weight is 449 g/mol. The molecule has 0 N–H and O–H groups in total. The lowest BCUT2D eigenvalue weighted by molar-refractivity contribution is -0.387. The van der Waals surface area contributed by atoms with Crippen molar-refractivity contribution >= 4 is 62.6 Å². The molecular weight excluding hydrogens is 436 g/mol. The van der Waals surface area contributed by atoms with Gasteiger partial charge in [0.25, 0.3) is 5.69 Å². The van der Waals surface area contributed by atoms with Gasteiger partial charge in [-0.15, -0.1) is 11.3 Å². The zero-order valence-corrected chi connectivity index (χ0v) is 17.7. The number of ketones is 1. The van der Waals surface area contributed by atoms with Crippen LogP contribution in [0.1, 0.15) is 15.9 Å². The predicted molar refractivity (Wildman–Crippen MR) is 121 cm³/mol. The van der Waals surface area contributed by atoms with E-state index in [0.29, 0.717) is 20.9 Å². The van der Waals surface area contributed by atoms with Crippen LogP contribution in [0.25, 0.3) is 16.3 Å². The molecule has 1 aliphatic heterocycles. The van der Waals surface area contributed by atoms with Gasteiger partial charge in [0.1, 0.15) is 0 Å². The van der Waals surface area contributed by atoms with Gasteiger partial charge in [-0.3, -0.25) is 14.9 Å². The zero-order valence-electron chi connectivity index (χ0n) is 15.3. The summed E-state index contributed by atoms with van der Waals surface area (Å²) in [7, 11) is 0. The van der Waals surface area contributed by atoms with Crippen LogP contribution in [0, 0.1) is 10.1 Å². The van der Waals surface area contributed by atoms with Gasteiger partial charge in [0.05, 0.1) is 24.9 Å². The second kappa shape index (κ2) is 7.71. The third-order valence-electron chi connectivity index (χ3n) is 4.52. The van der Waals surface area contributed by atoms with E-state index in [2.05, 4.69) is 4.98 Å². The van der Waals surface area contributed by atoms with Crippen molar-refractivity contribution in [2.75, 3.05) is 0 Å². The number of nitro groups is 1. The lowest BCUT2D eigenvalue weighted by Gasteiger charge is -2.03. The molecule has 0 unspecified atom stereocenters. The highest BCUT2D eigenvalue weighted by Gasteiger charge is 2.25. The fourth-order valence-electron chi connectivity index (χ4n) is 3.13. The number of allylic oxidation sites excluding steroid dienone is 1. The van der Waals surface area contributed by atoms with Crippen LogP contribution in [0.3, 0.4) is 0 Å². The quantitative estimate of drug-likeness (QED) is 0.197. The Kier molecular flexibility index (Phi) is 4.90. The van der Waals surface area contributed by atoms with Crippen molar-refractivity contribution in [3.63, 3.8) is 0 Å². The molecule has 0 atom stereocenters. The summed E-state index contributed by atoms with van der Waals surface area (Å²) < 4.78 is 1.79. The number of Topliss-reactive ketones (excluding diaryl/α,β-unsaturated/α-hetero) is 1. The smallest absolute Gasteiger partial charge is 0.283 e. The van der Waals surface area contributed by atoms with Crippen LogP contribution in [-0.2, 0) is 0 Å². The van der Waals surface area contributed by atoms with Crippen LogP contribution in [0.5, 0.6) is 0 Å². The number of carbonyl (C=O) groups is 1. The van der Waals surface area contributed by atoms with Crippen molar-refractivity contribution in [1.29, 1.82) is 0 Å². The van der Waals surface area contributed by atoms with Crippen molar-refractivity contribution in [3.05, 3.63) is 92.9 Å². The van der Waals surface area contributed by atoms with E-state index in [0.717, 1.165) is 19.5 Å². The molecule has 0 amide bonds. The Hall–Kier alpha value is -2.94. The summed E-state index contributed by atoms with van der Waals surface area (Å²) in [5.74, 6) is -0.0498. The number of hydrogen-bond acceptors (Lipinski definition) is 7. The van der Waals surface area contributed by atoms with Crippen LogP contribution < -0.4 is 0 Å². The largest absolute Gasteiger partial charge is 0.288 e. The van der Waals surface area contributed by atoms with E-state index in [1.165, 1.54) is 40.9 Å². The van der Waals surface area contributed by atoms with E-state index < -0.39 is 4.92 Å². The highest BCUT2D eigenvalue weighted by molar-refractivity contribution is 8.05. The molecule has 0 fully saturated rings. The van der Waals surface area contributed by atoms with Gasteiger partial charge < -0.3 is 0 Å². The third-order valence-corrected chi connectivity index (χ3v) is 7.79. The first-order chi connectivity index (χ1) is 14.6. The van der Waals surface area contributed by atoms with Crippen molar-refractivity contribution in [2.24, 2.45) is 0 Å². The maximum atomic E-state index is 12.6. The monoisotopic (exact) mass is 448 g/mol. The minimum atomic E-state index is -0.393. The second-order valence-electron chi connectivity index (χ2n) is 6.47. The summed E-state index contributed by atoms with van der Waals surface area (Å²) in [6.07, 6.45) is 1.71. The Morgan fingerprint density at radius 2 is 1.83 bits per heavy atom. The maximum absolute atomic E-state index is 12.6. The van der Waals surface area contributed by atoms with Crippen LogP contribution in [0.4, 0.5) is 5.69 Å². The molecule has 3 aromatic carbocycles. The van der Waals surface area contributed by atoms with Gasteiger partial charge in [-0.05, 0) is 42.0 Å². The molecule has 8 heteroatoms. The number of hydrogen-bond donors (Lipinski definition) is 0. The fraction of sp³-hybridized carbons (Fsp3) is 0. The molecule has 146 valence electrons. The number of benzene rings is 3. The number of para-hydroxylation sites is 1. The lowest BCUT2D eigenvalue weighted by Crippen LogP contribution is -1.95. The minimum absolute atomic E-state index is 0.00145. The summed E-state index contributed by atoms with van der Waals surface area (Å²) in [6.45, 7) is 0. The van der Waals surface area contributed by atoms with Crippen molar-refractivity contribution < 1.29 is 9.72 Å². The Morgan fingerprint density at radius 3 is 2.63 bits per heavy atom. The first-order valence-corrected chi connectivity index (χ1v) is 11.4. The highest BCUT2D eigenvalue weighted by atomic mass is 32.2. The predicted octanol–water partition coefficient (Wildman–Crippen LogP) is 6.69. The van der Waals surface area contributed by atoms with Crippen LogP contribution in [-0.4, -0.2) is 15.7 Å². The third kappa shape index (κ3) is 3.54. The van der Waals surface area contributed by atoms with Gasteiger partial charge in [0.2, 0.25) is 5.78 Å². The lowest BCUT2D eigenvalue weighted by atomic mass is 10.1. The van der Waals surface area contributed by atoms with Crippen molar-refractivity contribution in [1.82, 2.24) is 4.98 Å². The van der Waals surface area contributed by atoms with Crippen LogP contribution in [0.15, 0.2) is 85.8 Å². The molecule has 0 aliphatic carbocycles. The number of nitro benzene ring substituents is 1. The summed E-state index contributed by atoms with van der Waals surface area (Å²) in [5.41, 5.74) is 2.18. The van der Waals surface area contributed by atoms with Crippen molar-refractivity contribution in [2.45, 2.75) is 14.1 Å². The standard InChI is InChI=1S/C22H12N2O3S3/c25-21-14-5-1-3-7-17(14)28-20(21)12-13-9-10-19(16(11-13)24(26)27)30-22-23-15-6-2-4-8-18(15)29-22/h1-12H/b20-12-. The second-order valence-corrected chi connectivity index (χ2v) is 9.87. The molecule has 0 spiro atoms. The van der Waals surface area contributed by atoms with Crippen LogP contribution >= 0.6 is 34.9 Å². The van der Waals surface area contributed by atoms with Crippen molar-refractivity contribution in [3.8, 4) is 0 Å². The molecule has 2 heterocycles. The van der Waals surface area contributed by atoms with E-state index in [1.807, 2.05) is 42.5 Å². The summed E-state index contributed by atoms with van der Waals surface area (Å²) in [5, 5.41) is 11.7. The van der Waals surface area contributed by atoms with Gasteiger partial charge in [0.15, 0.2) is 4.34 Å². The van der Waals surface area contributed by atoms with Gasteiger partial charge in [-0.25, -0.2) is 4.98 Å². The molecule has 0 bridgehead atoms. The number of aromatic nitrogens is 1. The zero-order chi connectivity index (χ0) is 20.7. The van der Waals surface area contributed by atoms with Crippen LogP contribution in [0.2, 0.25) is 0 Å². The molecular formula is C22H12N2O3S3. The molecule has 4 aromatic rings. The molecule has 5 nitrogen and oxygen atoms in total. The number of carbonyl (C=O) groups excluding carboxylic acids is 1. The van der Waals surface area contributed by atoms with E-state index in [1.54, 1.807) is 24.3 Å². The summed E-state index contributed by atoms with van der Waals surface area (Å²) in [4.78, 5) is 30.4. The molecule has 0 saturated carbocycles. The van der Waals surface area contributed by atoms with E-state index in [4.69, 9.17) is 0 Å². The molecule has 0 radical (unpaired) electrons. The highest BCUT2D eigenvalue weighted by Crippen LogP contribution is 2.42. The summed E-state index contributed by atoms with van der Waals surface area (Å²) >= 11 is 4.18. The number of fused-ring (bicyclic) bond motifs is 2. The van der Waals surface area contributed by atoms with Gasteiger partial charge in [-0.2, -0.15) is 0 Å². The number of thiazole rings is 1. The fourth-order valence-corrected chi connectivity index (χ4v) is 6.29. The number of rotatable bonds is 4. The SMILES string of the molecule is O=C1/C(=C/c2ccc(Sc3nc4ccccc4s3)c([N+](=O)[O-])c2)Sc2ccccc21. The Balaban J connectivity index is 1.47. The van der Waals surface area contributed by atoms with Gasteiger partial charge in [-0.1, -0.05) is 53.9 Å².